The second-order valence-corrected chi connectivity index (χ2v) is 10.6. The Kier molecular flexibility index (Phi) is 9.76. The SMILES string of the molecule is CCOC(=O)C1Cc2ccccc2CN1C(=O)c1ccco1.CCOC(=O)C1Cc2ccccc2CN1C(=O)c1ocnc1C. The highest BCUT2D eigenvalue weighted by Crippen LogP contribution is 2.27. The molecule has 2 aliphatic rings. The third-order valence-corrected chi connectivity index (χ3v) is 7.81. The van der Waals surface area contributed by atoms with Gasteiger partial charge in [0.15, 0.2) is 12.2 Å². The number of hydrogen-bond acceptors (Lipinski definition) is 9. The summed E-state index contributed by atoms with van der Waals surface area (Å²) in [4.78, 5) is 57.0. The van der Waals surface area contributed by atoms with Crippen LogP contribution in [0.1, 0.15) is 62.9 Å². The highest BCUT2D eigenvalue weighted by Gasteiger charge is 2.38. The lowest BCUT2D eigenvalue weighted by Crippen LogP contribution is -2.49. The number of amides is 2. The van der Waals surface area contributed by atoms with Crippen LogP contribution in [0.2, 0.25) is 0 Å². The number of hydrogen-bond donors (Lipinski definition) is 0. The van der Waals surface area contributed by atoms with Gasteiger partial charge in [0.05, 0.1) is 25.2 Å². The zero-order valence-corrected chi connectivity index (χ0v) is 25.4. The van der Waals surface area contributed by atoms with E-state index in [0.29, 0.717) is 38.2 Å². The minimum Gasteiger partial charge on any atom is -0.464 e. The van der Waals surface area contributed by atoms with Crippen LogP contribution in [-0.4, -0.2) is 63.8 Å². The van der Waals surface area contributed by atoms with Crippen LogP contribution in [0.5, 0.6) is 0 Å². The number of rotatable bonds is 6. The molecule has 0 spiro atoms. The van der Waals surface area contributed by atoms with Gasteiger partial charge in [0.1, 0.15) is 12.1 Å². The first-order valence-electron chi connectivity index (χ1n) is 14.8. The first-order valence-corrected chi connectivity index (χ1v) is 14.8. The number of ether oxygens (including phenoxy) is 2. The maximum Gasteiger partial charge on any atom is 0.329 e. The molecule has 0 N–H and O–H groups in total. The molecule has 0 bridgehead atoms. The molecule has 6 rings (SSSR count). The normalized spacial score (nSPS) is 16.9. The molecular weight excluding hydrogens is 578 g/mol. The molecule has 2 amide bonds. The van der Waals surface area contributed by atoms with Crippen molar-refractivity contribution >= 4 is 23.8 Å². The summed E-state index contributed by atoms with van der Waals surface area (Å²) in [6, 6.07) is 17.6. The number of fused-ring (bicyclic) bond motifs is 2. The van der Waals surface area contributed by atoms with Crippen molar-refractivity contribution in [3.8, 4) is 0 Å². The fourth-order valence-electron chi connectivity index (χ4n) is 5.55. The van der Waals surface area contributed by atoms with Crippen LogP contribution < -0.4 is 0 Å². The van der Waals surface area contributed by atoms with Crippen LogP contribution >= 0.6 is 0 Å². The van der Waals surface area contributed by atoms with E-state index in [9.17, 15) is 19.2 Å². The first kappa shape index (κ1) is 31.2. The van der Waals surface area contributed by atoms with E-state index in [0.717, 1.165) is 22.3 Å². The van der Waals surface area contributed by atoms with E-state index in [1.165, 1.54) is 22.5 Å². The molecule has 0 radical (unpaired) electrons. The summed E-state index contributed by atoms with van der Waals surface area (Å²) >= 11 is 0. The molecule has 2 aromatic heterocycles. The Morgan fingerprint density at radius 3 is 1.69 bits per heavy atom. The number of furan rings is 1. The second-order valence-electron chi connectivity index (χ2n) is 10.6. The quantitative estimate of drug-likeness (QED) is 0.288. The number of esters is 2. The minimum atomic E-state index is -0.651. The van der Waals surface area contributed by atoms with Crippen LogP contribution in [0, 0.1) is 6.92 Å². The molecule has 2 unspecified atom stereocenters. The predicted octanol–water partition coefficient (Wildman–Crippen LogP) is 4.52. The molecule has 11 nitrogen and oxygen atoms in total. The van der Waals surface area contributed by atoms with Crippen LogP contribution in [-0.2, 0) is 45.0 Å². The molecule has 0 aliphatic carbocycles. The summed E-state index contributed by atoms with van der Waals surface area (Å²) in [6.45, 7) is 6.50. The zero-order chi connectivity index (χ0) is 31.9. The van der Waals surface area contributed by atoms with E-state index in [-0.39, 0.29) is 35.9 Å². The number of nitrogens with zero attached hydrogens (tertiary/aromatic N) is 3. The number of benzene rings is 2. The average Bonchev–Trinajstić information content (AvgIpc) is 3.76. The van der Waals surface area contributed by atoms with Gasteiger partial charge in [0.25, 0.3) is 11.8 Å². The van der Waals surface area contributed by atoms with Crippen molar-refractivity contribution in [2.45, 2.75) is 58.8 Å². The van der Waals surface area contributed by atoms with Crippen molar-refractivity contribution in [1.29, 1.82) is 0 Å². The number of carbonyl (C=O) groups excluding carboxylic acids is 4. The van der Waals surface area contributed by atoms with E-state index in [1.807, 2.05) is 48.5 Å². The van der Waals surface area contributed by atoms with Gasteiger partial charge in [-0.1, -0.05) is 48.5 Å². The van der Waals surface area contributed by atoms with Crippen molar-refractivity contribution in [3.05, 3.63) is 113 Å². The Balaban J connectivity index is 0.000000178. The van der Waals surface area contributed by atoms with Gasteiger partial charge >= 0.3 is 11.9 Å². The van der Waals surface area contributed by atoms with Gasteiger partial charge in [-0.2, -0.15) is 0 Å². The molecule has 11 heteroatoms. The van der Waals surface area contributed by atoms with Gasteiger partial charge in [-0.25, -0.2) is 14.6 Å². The fourth-order valence-corrected chi connectivity index (χ4v) is 5.55. The van der Waals surface area contributed by atoms with Crippen LogP contribution in [0.15, 0.2) is 82.2 Å². The average molecular weight is 614 g/mol. The fraction of sp³-hybridized carbons (Fsp3) is 0.324. The van der Waals surface area contributed by atoms with Crippen LogP contribution in [0.4, 0.5) is 0 Å². The summed E-state index contributed by atoms with van der Waals surface area (Å²) in [5.74, 6) is -1.01. The summed E-state index contributed by atoms with van der Waals surface area (Å²) < 4.78 is 20.7. The molecule has 2 aliphatic heterocycles. The van der Waals surface area contributed by atoms with E-state index in [4.69, 9.17) is 18.3 Å². The van der Waals surface area contributed by atoms with Crippen LogP contribution in [0.3, 0.4) is 0 Å². The third kappa shape index (κ3) is 6.82. The maximum absolute atomic E-state index is 12.8. The Labute approximate surface area is 260 Å². The molecule has 4 heterocycles. The third-order valence-electron chi connectivity index (χ3n) is 7.81. The van der Waals surface area contributed by atoms with E-state index in [1.54, 1.807) is 32.9 Å². The van der Waals surface area contributed by atoms with E-state index >= 15 is 0 Å². The van der Waals surface area contributed by atoms with Crippen LogP contribution in [0.25, 0.3) is 0 Å². The monoisotopic (exact) mass is 613 g/mol. The van der Waals surface area contributed by atoms with E-state index < -0.39 is 18.1 Å². The lowest BCUT2D eigenvalue weighted by atomic mass is 9.93. The molecule has 2 aromatic carbocycles. The zero-order valence-electron chi connectivity index (χ0n) is 25.4. The first-order chi connectivity index (χ1) is 21.8. The van der Waals surface area contributed by atoms with Crippen molar-refractivity contribution < 1.29 is 37.5 Å². The molecule has 45 heavy (non-hydrogen) atoms. The summed E-state index contributed by atoms with van der Waals surface area (Å²) in [5, 5.41) is 0. The van der Waals surface area contributed by atoms with Crippen molar-refractivity contribution in [2.75, 3.05) is 13.2 Å². The molecular formula is C34H35N3O8. The summed E-state index contributed by atoms with van der Waals surface area (Å²) in [6.07, 6.45) is 3.58. The van der Waals surface area contributed by atoms with Gasteiger partial charge < -0.3 is 28.1 Å². The minimum absolute atomic E-state index is 0.165. The molecule has 0 saturated carbocycles. The van der Waals surface area contributed by atoms with Crippen molar-refractivity contribution in [2.24, 2.45) is 0 Å². The summed E-state index contributed by atoms with van der Waals surface area (Å²) in [7, 11) is 0. The lowest BCUT2D eigenvalue weighted by molar-refractivity contribution is -0.149. The van der Waals surface area contributed by atoms with Crippen molar-refractivity contribution in [1.82, 2.24) is 14.8 Å². The topological polar surface area (TPSA) is 132 Å². The highest BCUT2D eigenvalue weighted by molar-refractivity contribution is 5.96. The summed E-state index contributed by atoms with van der Waals surface area (Å²) in [5.41, 5.74) is 4.71. The Morgan fingerprint density at radius 2 is 1.24 bits per heavy atom. The number of carbonyl (C=O) groups is 4. The standard InChI is InChI=1S/C17H18N2O4.C17H17NO4/c1-3-22-17(21)14-8-12-6-4-5-7-13(12)9-19(14)16(20)15-11(2)18-10-23-15;1-2-21-17(20)14-10-12-6-3-4-7-13(12)11-18(14)16(19)15-8-5-9-22-15/h4-7,10,14H,3,8-9H2,1-2H3;3-9,14H,2,10-11H2,1H3. The van der Waals surface area contributed by atoms with Gasteiger partial charge in [-0.3, -0.25) is 9.59 Å². The second kappa shape index (κ2) is 14.1. The smallest absolute Gasteiger partial charge is 0.329 e. The number of oxazole rings is 1. The molecule has 0 saturated heterocycles. The number of aryl methyl sites for hydroxylation is 1. The van der Waals surface area contributed by atoms with E-state index in [2.05, 4.69) is 4.98 Å². The molecule has 234 valence electrons. The van der Waals surface area contributed by atoms with Crippen molar-refractivity contribution in [3.63, 3.8) is 0 Å². The Hall–Kier alpha value is -5.19. The maximum atomic E-state index is 12.8. The van der Waals surface area contributed by atoms with Gasteiger partial charge in [0, 0.05) is 25.9 Å². The Morgan fingerprint density at radius 1 is 0.733 bits per heavy atom. The number of aromatic nitrogens is 1. The largest absolute Gasteiger partial charge is 0.464 e. The predicted molar refractivity (Wildman–Crippen MR) is 161 cm³/mol. The molecule has 2 atom stereocenters. The van der Waals surface area contributed by atoms with Gasteiger partial charge in [-0.15, -0.1) is 0 Å². The highest BCUT2D eigenvalue weighted by atomic mass is 16.5. The van der Waals surface area contributed by atoms with Gasteiger partial charge in [-0.05, 0) is 55.2 Å². The molecule has 4 aromatic rings. The van der Waals surface area contributed by atoms with Gasteiger partial charge in [0.2, 0.25) is 5.76 Å². The molecule has 0 fully saturated rings. The Bertz CT molecular complexity index is 1660. The lowest BCUT2D eigenvalue weighted by Gasteiger charge is -2.34.